The Morgan fingerprint density at radius 1 is 1.22 bits per heavy atom. The molecule has 1 aromatic carbocycles. The molecular weight excluding hydrogens is 269 g/mol. The van der Waals surface area contributed by atoms with Gasteiger partial charge in [-0.25, -0.2) is 0 Å². The van der Waals surface area contributed by atoms with E-state index in [0.29, 0.717) is 15.7 Å². The second-order valence-corrected chi connectivity index (χ2v) is 4.71. The van der Waals surface area contributed by atoms with Gasteiger partial charge in [0.05, 0.1) is 16.1 Å². The van der Waals surface area contributed by atoms with Gasteiger partial charge >= 0.3 is 0 Å². The topological polar surface area (TPSA) is 50.9 Å². The number of nitrogens with zero attached hydrogens (tertiary/aromatic N) is 1. The Morgan fingerprint density at radius 3 is 2.61 bits per heavy atom. The summed E-state index contributed by atoms with van der Waals surface area (Å²) in [6, 6.07) is 7.24. The molecular formula is C13H13Cl2N3. The molecule has 94 valence electrons. The Bertz CT molecular complexity index is 558. The Morgan fingerprint density at radius 2 is 2.00 bits per heavy atom. The molecule has 1 heterocycles. The lowest BCUT2D eigenvalue weighted by molar-refractivity contribution is 0.691. The SMILES string of the molecule is CNC(c1ccc(Cl)c(Cl)c1)c1cnccc1N. The molecule has 0 radical (unpaired) electrons. The predicted molar refractivity (Wildman–Crippen MR) is 76.0 cm³/mol. The van der Waals surface area contributed by atoms with Gasteiger partial charge in [0.2, 0.25) is 0 Å². The molecule has 2 rings (SSSR count). The highest BCUT2D eigenvalue weighted by molar-refractivity contribution is 6.42. The number of nitrogen functional groups attached to an aromatic ring is 1. The van der Waals surface area contributed by atoms with Crippen molar-refractivity contribution in [1.82, 2.24) is 10.3 Å². The van der Waals surface area contributed by atoms with E-state index in [1.807, 2.05) is 19.2 Å². The van der Waals surface area contributed by atoms with E-state index >= 15 is 0 Å². The third kappa shape index (κ3) is 2.58. The van der Waals surface area contributed by atoms with Gasteiger partial charge in [-0.1, -0.05) is 29.3 Å². The van der Waals surface area contributed by atoms with Gasteiger partial charge in [-0.05, 0) is 30.8 Å². The average Bonchev–Trinajstić information content (AvgIpc) is 2.37. The van der Waals surface area contributed by atoms with Crippen molar-refractivity contribution < 1.29 is 0 Å². The molecule has 0 aliphatic heterocycles. The highest BCUT2D eigenvalue weighted by Gasteiger charge is 2.15. The summed E-state index contributed by atoms with van der Waals surface area (Å²) in [7, 11) is 1.86. The summed E-state index contributed by atoms with van der Waals surface area (Å²) in [5.74, 6) is 0. The fourth-order valence-electron chi connectivity index (χ4n) is 1.85. The van der Waals surface area contributed by atoms with Crippen LogP contribution < -0.4 is 11.1 Å². The third-order valence-corrected chi connectivity index (χ3v) is 3.50. The molecule has 0 fully saturated rings. The van der Waals surface area contributed by atoms with Gasteiger partial charge < -0.3 is 11.1 Å². The largest absolute Gasteiger partial charge is 0.398 e. The van der Waals surface area contributed by atoms with Crippen LogP contribution in [0, 0.1) is 0 Å². The van der Waals surface area contributed by atoms with Crippen LogP contribution in [0.25, 0.3) is 0 Å². The van der Waals surface area contributed by atoms with Gasteiger partial charge in [0.25, 0.3) is 0 Å². The number of anilines is 1. The third-order valence-electron chi connectivity index (χ3n) is 2.76. The highest BCUT2D eigenvalue weighted by atomic mass is 35.5. The first-order valence-electron chi connectivity index (χ1n) is 5.45. The predicted octanol–water partition coefficient (Wildman–Crippen LogP) is 3.28. The Labute approximate surface area is 116 Å². The molecule has 0 spiro atoms. The van der Waals surface area contributed by atoms with E-state index in [4.69, 9.17) is 28.9 Å². The van der Waals surface area contributed by atoms with Gasteiger partial charge in [-0.15, -0.1) is 0 Å². The monoisotopic (exact) mass is 281 g/mol. The lowest BCUT2D eigenvalue weighted by Crippen LogP contribution is -2.19. The summed E-state index contributed by atoms with van der Waals surface area (Å²) in [6.07, 6.45) is 3.42. The van der Waals surface area contributed by atoms with Crippen LogP contribution in [0.3, 0.4) is 0 Å². The lowest BCUT2D eigenvalue weighted by atomic mass is 9.99. The fourth-order valence-corrected chi connectivity index (χ4v) is 2.16. The molecule has 1 aromatic heterocycles. The van der Waals surface area contributed by atoms with Gasteiger partial charge in [-0.2, -0.15) is 0 Å². The van der Waals surface area contributed by atoms with Gasteiger partial charge in [0.15, 0.2) is 0 Å². The molecule has 1 unspecified atom stereocenters. The molecule has 3 nitrogen and oxygen atoms in total. The number of rotatable bonds is 3. The Balaban J connectivity index is 2.45. The number of aromatic nitrogens is 1. The minimum absolute atomic E-state index is 0.0616. The Hall–Kier alpha value is -1.29. The number of pyridine rings is 1. The van der Waals surface area contributed by atoms with Crippen LogP contribution in [0.5, 0.6) is 0 Å². The Kier molecular flexibility index (Phi) is 4.07. The molecule has 1 atom stereocenters. The van der Waals surface area contributed by atoms with E-state index in [2.05, 4.69) is 10.3 Å². The zero-order chi connectivity index (χ0) is 13.1. The quantitative estimate of drug-likeness (QED) is 0.908. The minimum atomic E-state index is -0.0616. The van der Waals surface area contributed by atoms with E-state index in [0.717, 1.165) is 11.1 Å². The molecule has 18 heavy (non-hydrogen) atoms. The van der Waals surface area contributed by atoms with E-state index < -0.39 is 0 Å². The van der Waals surface area contributed by atoms with E-state index in [9.17, 15) is 0 Å². The van der Waals surface area contributed by atoms with Crippen LogP contribution in [0.4, 0.5) is 5.69 Å². The second-order valence-electron chi connectivity index (χ2n) is 3.90. The molecule has 0 saturated heterocycles. The van der Waals surface area contributed by atoms with Crippen LogP contribution in [0.15, 0.2) is 36.7 Å². The van der Waals surface area contributed by atoms with Crippen LogP contribution in [0.2, 0.25) is 10.0 Å². The minimum Gasteiger partial charge on any atom is -0.398 e. The first-order valence-corrected chi connectivity index (χ1v) is 6.20. The van der Waals surface area contributed by atoms with E-state index in [-0.39, 0.29) is 6.04 Å². The maximum absolute atomic E-state index is 6.04. The summed E-state index contributed by atoms with van der Waals surface area (Å²) in [4.78, 5) is 4.10. The standard InChI is InChI=1S/C13H13Cl2N3/c1-17-13(9-7-18-5-4-12(9)16)8-2-3-10(14)11(15)6-8/h2-7,13,17H,1H3,(H2,16,18). The zero-order valence-corrected chi connectivity index (χ0v) is 11.3. The summed E-state index contributed by atoms with van der Waals surface area (Å²) >= 11 is 12.0. The van der Waals surface area contributed by atoms with Gasteiger partial charge in [0, 0.05) is 23.6 Å². The number of hydrogen-bond acceptors (Lipinski definition) is 3. The van der Waals surface area contributed by atoms with Crippen molar-refractivity contribution in [3.8, 4) is 0 Å². The van der Waals surface area contributed by atoms with Crippen molar-refractivity contribution in [2.45, 2.75) is 6.04 Å². The molecule has 0 bridgehead atoms. The molecule has 3 N–H and O–H groups in total. The summed E-state index contributed by atoms with van der Waals surface area (Å²) in [5, 5.41) is 4.26. The molecule has 2 aromatic rings. The highest BCUT2D eigenvalue weighted by Crippen LogP contribution is 2.30. The summed E-state index contributed by atoms with van der Waals surface area (Å²) in [6.45, 7) is 0. The zero-order valence-electron chi connectivity index (χ0n) is 9.82. The number of nitrogens with one attached hydrogen (secondary N) is 1. The van der Waals surface area contributed by atoms with E-state index in [1.54, 1.807) is 24.5 Å². The summed E-state index contributed by atoms with van der Waals surface area (Å²) < 4.78 is 0. The first kappa shape index (κ1) is 13.1. The maximum Gasteiger partial charge on any atom is 0.0610 e. The van der Waals surface area contributed by atoms with Crippen molar-refractivity contribution in [1.29, 1.82) is 0 Å². The number of halogens is 2. The molecule has 5 heteroatoms. The van der Waals surface area contributed by atoms with E-state index in [1.165, 1.54) is 0 Å². The van der Waals surface area contributed by atoms with Gasteiger partial charge in [0.1, 0.15) is 0 Å². The number of benzene rings is 1. The number of hydrogen-bond donors (Lipinski definition) is 2. The molecule has 0 aliphatic rings. The van der Waals surface area contributed by atoms with Crippen LogP contribution in [-0.2, 0) is 0 Å². The molecule has 0 amide bonds. The van der Waals surface area contributed by atoms with Crippen LogP contribution >= 0.6 is 23.2 Å². The van der Waals surface area contributed by atoms with Crippen molar-refractivity contribution in [2.75, 3.05) is 12.8 Å². The maximum atomic E-state index is 6.04. The van der Waals surface area contributed by atoms with Crippen molar-refractivity contribution in [3.63, 3.8) is 0 Å². The van der Waals surface area contributed by atoms with Crippen molar-refractivity contribution in [2.24, 2.45) is 0 Å². The van der Waals surface area contributed by atoms with Crippen LogP contribution in [0.1, 0.15) is 17.2 Å². The van der Waals surface area contributed by atoms with Crippen LogP contribution in [-0.4, -0.2) is 12.0 Å². The normalized spacial score (nSPS) is 12.4. The second kappa shape index (κ2) is 5.57. The summed E-state index contributed by atoms with van der Waals surface area (Å²) in [5.41, 5.74) is 8.56. The van der Waals surface area contributed by atoms with Crippen molar-refractivity contribution in [3.05, 3.63) is 57.8 Å². The fraction of sp³-hybridized carbons (Fsp3) is 0.154. The first-order chi connectivity index (χ1) is 8.63. The number of nitrogens with two attached hydrogens (primary N) is 1. The van der Waals surface area contributed by atoms with Crippen molar-refractivity contribution >= 4 is 28.9 Å². The lowest BCUT2D eigenvalue weighted by Gasteiger charge is -2.19. The smallest absolute Gasteiger partial charge is 0.0610 e. The molecule has 0 saturated carbocycles. The average molecular weight is 282 g/mol. The molecule has 0 aliphatic carbocycles. The van der Waals surface area contributed by atoms with Gasteiger partial charge in [-0.3, -0.25) is 4.98 Å².